The van der Waals surface area contributed by atoms with E-state index in [2.05, 4.69) is 27.8 Å². The molecule has 43 heavy (non-hydrogen) atoms. The predicted molar refractivity (Wildman–Crippen MR) is 167 cm³/mol. The van der Waals surface area contributed by atoms with E-state index in [1.165, 1.54) is 15.8 Å². The Morgan fingerprint density at radius 2 is 1.51 bits per heavy atom. The first-order valence-corrected chi connectivity index (χ1v) is 15.2. The van der Waals surface area contributed by atoms with Crippen molar-refractivity contribution in [1.29, 1.82) is 0 Å². The van der Waals surface area contributed by atoms with Gasteiger partial charge in [0.25, 0.3) is 0 Å². The molecule has 5 rings (SSSR count). The van der Waals surface area contributed by atoms with Crippen LogP contribution in [0.4, 0.5) is 0 Å². The Bertz CT molecular complexity index is 1530. The van der Waals surface area contributed by atoms with E-state index in [0.717, 1.165) is 19.5 Å². The van der Waals surface area contributed by atoms with Crippen LogP contribution in [0.1, 0.15) is 49.8 Å². The minimum atomic E-state index is -1.48. The number of phenols is 1. The fraction of sp³-hybridized carbons (Fsp3) is 0.265. The van der Waals surface area contributed by atoms with E-state index < -0.39 is 11.7 Å². The topological polar surface area (TPSA) is 131 Å². The Hall–Kier alpha value is -3.83. The first kappa shape index (κ1) is 30.6. The third kappa shape index (κ3) is 7.58. The van der Waals surface area contributed by atoms with Crippen molar-refractivity contribution >= 4 is 11.3 Å². The molecule has 0 bridgehead atoms. The van der Waals surface area contributed by atoms with Crippen molar-refractivity contribution in [1.82, 2.24) is 15.6 Å². The van der Waals surface area contributed by atoms with Gasteiger partial charge in [0, 0.05) is 47.9 Å². The van der Waals surface area contributed by atoms with Crippen LogP contribution in [-0.4, -0.2) is 45.0 Å². The average molecular weight is 600 g/mol. The molecule has 0 aliphatic rings. The Balaban J connectivity index is 1.07. The average Bonchev–Trinajstić information content (AvgIpc) is 3.72. The highest BCUT2D eigenvalue weighted by Gasteiger charge is 2.38. The third-order valence-corrected chi connectivity index (χ3v) is 8.50. The molecular formula is C34H37N3O5S. The monoisotopic (exact) mass is 599 g/mol. The van der Waals surface area contributed by atoms with Crippen LogP contribution < -0.4 is 10.6 Å². The Morgan fingerprint density at radius 3 is 2.21 bits per heavy atom. The van der Waals surface area contributed by atoms with Gasteiger partial charge in [0.1, 0.15) is 11.5 Å². The summed E-state index contributed by atoms with van der Waals surface area (Å²) in [5, 5.41) is 48.0. The van der Waals surface area contributed by atoms with Crippen LogP contribution in [0.2, 0.25) is 0 Å². The molecule has 0 saturated heterocycles. The molecule has 2 heterocycles. The van der Waals surface area contributed by atoms with Crippen LogP contribution in [0.25, 0.3) is 0 Å². The van der Waals surface area contributed by atoms with Gasteiger partial charge in [-0.15, -0.1) is 11.3 Å². The Morgan fingerprint density at radius 1 is 0.837 bits per heavy atom. The summed E-state index contributed by atoms with van der Waals surface area (Å²) in [7, 11) is 0. The molecule has 3 aromatic carbocycles. The lowest BCUT2D eigenvalue weighted by Crippen LogP contribution is -2.29. The van der Waals surface area contributed by atoms with Gasteiger partial charge in [-0.3, -0.25) is 0 Å². The molecule has 5 aromatic rings. The van der Waals surface area contributed by atoms with Crippen molar-refractivity contribution in [3.8, 4) is 5.75 Å². The van der Waals surface area contributed by atoms with E-state index in [4.69, 9.17) is 4.42 Å². The normalized spacial score (nSPS) is 12.4. The van der Waals surface area contributed by atoms with Crippen molar-refractivity contribution in [2.45, 2.75) is 37.7 Å². The first-order valence-electron chi connectivity index (χ1n) is 14.4. The second-order valence-electron chi connectivity index (χ2n) is 10.4. The standard InChI is InChI=1S/C34H37N3O5S/c38-23-25-19-24(11-14-31(25)39)32(40)22-36-18-16-29-12-13-30(43-29)21-35-17-15-28-20-37-33(42-28)34(41,26-7-3-1-4-8-26)27-9-5-2-6-10-27/h1-14,19-20,32,35-36,38-41H,15-18,21-23H2/t32-/m0/s1. The molecule has 9 heteroatoms. The summed E-state index contributed by atoms with van der Waals surface area (Å²) in [4.78, 5) is 6.96. The maximum absolute atomic E-state index is 11.8. The molecule has 0 aliphatic heterocycles. The highest BCUT2D eigenvalue weighted by Crippen LogP contribution is 2.36. The first-order chi connectivity index (χ1) is 21.0. The number of thiophene rings is 1. The van der Waals surface area contributed by atoms with E-state index in [-0.39, 0.29) is 18.2 Å². The summed E-state index contributed by atoms with van der Waals surface area (Å²) in [6.45, 7) is 2.27. The summed E-state index contributed by atoms with van der Waals surface area (Å²) < 4.78 is 6.09. The molecule has 0 fully saturated rings. The van der Waals surface area contributed by atoms with Gasteiger partial charge in [-0.1, -0.05) is 66.7 Å². The number of hydrogen-bond acceptors (Lipinski definition) is 9. The van der Waals surface area contributed by atoms with Crippen LogP contribution in [0, 0.1) is 0 Å². The second-order valence-corrected chi connectivity index (χ2v) is 11.6. The van der Waals surface area contributed by atoms with E-state index in [9.17, 15) is 20.4 Å². The molecule has 1 atom stereocenters. The zero-order chi connectivity index (χ0) is 30.1. The van der Waals surface area contributed by atoms with Gasteiger partial charge in [0.2, 0.25) is 5.89 Å². The molecule has 0 amide bonds. The maximum Gasteiger partial charge on any atom is 0.235 e. The number of aliphatic hydroxyl groups is 3. The molecule has 224 valence electrons. The van der Waals surface area contributed by atoms with Gasteiger partial charge >= 0.3 is 0 Å². The van der Waals surface area contributed by atoms with Crippen LogP contribution in [0.5, 0.6) is 5.75 Å². The van der Waals surface area contributed by atoms with Crippen LogP contribution in [0.15, 0.2) is 102 Å². The van der Waals surface area contributed by atoms with Crippen LogP contribution >= 0.6 is 11.3 Å². The lowest BCUT2D eigenvalue weighted by molar-refractivity contribution is 0.0913. The number of oxazole rings is 1. The third-order valence-electron chi connectivity index (χ3n) is 7.36. The Labute approximate surface area is 255 Å². The smallest absolute Gasteiger partial charge is 0.235 e. The fourth-order valence-corrected chi connectivity index (χ4v) is 5.93. The molecule has 0 spiro atoms. The molecule has 6 N–H and O–H groups in total. The molecule has 0 aliphatic carbocycles. The van der Waals surface area contributed by atoms with E-state index in [1.54, 1.807) is 29.7 Å². The number of nitrogens with zero attached hydrogens (tertiary/aromatic N) is 1. The molecule has 0 saturated carbocycles. The number of aliphatic hydroxyl groups excluding tert-OH is 2. The predicted octanol–water partition coefficient (Wildman–Crippen LogP) is 4.42. The quantitative estimate of drug-likeness (QED) is 0.0976. The summed E-state index contributed by atoms with van der Waals surface area (Å²) in [6, 6.07) is 27.9. The minimum Gasteiger partial charge on any atom is -0.508 e. The van der Waals surface area contributed by atoms with Crippen LogP contribution in [-0.2, 0) is 31.6 Å². The zero-order valence-corrected chi connectivity index (χ0v) is 24.6. The summed E-state index contributed by atoms with van der Waals surface area (Å²) in [5.41, 5.74) is 0.968. The van der Waals surface area contributed by atoms with E-state index in [0.29, 0.717) is 47.5 Å². The van der Waals surface area contributed by atoms with Gasteiger partial charge in [-0.2, -0.15) is 0 Å². The van der Waals surface area contributed by atoms with E-state index >= 15 is 0 Å². The number of hydrogen-bond donors (Lipinski definition) is 6. The van der Waals surface area contributed by atoms with Crippen molar-refractivity contribution in [2.75, 3.05) is 19.6 Å². The summed E-state index contributed by atoms with van der Waals surface area (Å²) in [6.07, 6.45) is 2.45. The van der Waals surface area contributed by atoms with Crippen LogP contribution in [0.3, 0.4) is 0 Å². The second kappa shape index (κ2) is 14.6. The van der Waals surface area contributed by atoms with Crippen molar-refractivity contribution in [3.05, 3.63) is 141 Å². The molecule has 2 aromatic heterocycles. The number of benzene rings is 3. The Kier molecular flexibility index (Phi) is 10.4. The minimum absolute atomic E-state index is 0.0249. The largest absolute Gasteiger partial charge is 0.508 e. The number of aromatic hydroxyl groups is 1. The van der Waals surface area contributed by atoms with Crippen molar-refractivity contribution < 1.29 is 24.8 Å². The van der Waals surface area contributed by atoms with Crippen molar-refractivity contribution in [2.24, 2.45) is 0 Å². The number of nitrogens with one attached hydrogen (secondary N) is 2. The molecule has 0 radical (unpaired) electrons. The van der Waals surface area contributed by atoms with Crippen molar-refractivity contribution in [3.63, 3.8) is 0 Å². The summed E-state index contributed by atoms with van der Waals surface area (Å²) in [5.74, 6) is 0.978. The number of aromatic nitrogens is 1. The highest BCUT2D eigenvalue weighted by atomic mass is 32.1. The van der Waals surface area contributed by atoms with Gasteiger partial charge in [-0.05, 0) is 47.4 Å². The van der Waals surface area contributed by atoms with E-state index in [1.807, 2.05) is 60.7 Å². The van der Waals surface area contributed by atoms with Gasteiger partial charge in [0.05, 0.1) is 18.9 Å². The molecule has 8 nitrogen and oxygen atoms in total. The van der Waals surface area contributed by atoms with Gasteiger partial charge in [-0.25, -0.2) is 4.98 Å². The molecular weight excluding hydrogens is 562 g/mol. The fourth-order valence-electron chi connectivity index (χ4n) is 4.95. The lowest BCUT2D eigenvalue weighted by Gasteiger charge is -2.26. The number of rotatable bonds is 15. The SMILES string of the molecule is OCc1cc([C@@H](O)CNCCc2ccc(CNCCc3cnc(C(O)(c4ccccc4)c4ccccc4)o3)s2)ccc1O. The van der Waals surface area contributed by atoms with Gasteiger partial charge in [0.15, 0.2) is 5.60 Å². The highest BCUT2D eigenvalue weighted by molar-refractivity contribution is 7.11. The zero-order valence-electron chi connectivity index (χ0n) is 23.8. The van der Waals surface area contributed by atoms with Gasteiger partial charge < -0.3 is 35.5 Å². The molecule has 0 unspecified atom stereocenters. The summed E-state index contributed by atoms with van der Waals surface area (Å²) >= 11 is 1.75. The lowest BCUT2D eigenvalue weighted by atomic mass is 9.86. The maximum atomic E-state index is 11.8.